The van der Waals surface area contributed by atoms with Crippen LogP contribution in [0, 0.1) is 6.92 Å². The number of allylic oxidation sites excluding steroid dienone is 1. The van der Waals surface area contributed by atoms with E-state index in [-0.39, 0.29) is 6.10 Å². The van der Waals surface area contributed by atoms with Crippen LogP contribution in [0.15, 0.2) is 67.3 Å². The smallest absolute Gasteiger partial charge is 0.227 e. The zero-order valence-electron chi connectivity index (χ0n) is 19.5. The number of para-hydroxylation sites is 1. The molecule has 33 heavy (non-hydrogen) atoms. The average molecular weight is 448 g/mol. The van der Waals surface area contributed by atoms with Crippen molar-refractivity contribution >= 4 is 0 Å². The normalized spacial score (nSPS) is 14.3. The van der Waals surface area contributed by atoms with E-state index in [9.17, 15) is 5.11 Å². The Hall–Kier alpha value is -3.09. The number of methoxy groups -OCH3 is 1. The predicted molar refractivity (Wildman–Crippen MR) is 130 cm³/mol. The summed E-state index contributed by atoms with van der Waals surface area (Å²) in [6.07, 6.45) is 5.35. The fourth-order valence-corrected chi connectivity index (χ4v) is 3.98. The molecule has 1 aliphatic carbocycles. The fourth-order valence-electron chi connectivity index (χ4n) is 3.98. The number of rotatable bonds is 12. The van der Waals surface area contributed by atoms with Gasteiger partial charge in [0.15, 0.2) is 0 Å². The standard InChI is InChI=1S/C27H33N3O3/c1-4-5-11-23(31)18-29(21-12-13-21)19-26-20(2)28-30(22-9-7-6-8-10-22)27(26)33-25-16-14-24(32-3)15-17-25/h4,6-10,14-17,21,23,31H,1,5,11-13,18-19H2,2-3H3/t23-/m0/s1. The highest BCUT2D eigenvalue weighted by Gasteiger charge is 2.32. The minimum atomic E-state index is -0.376. The van der Waals surface area contributed by atoms with Gasteiger partial charge in [0.25, 0.3) is 0 Å². The van der Waals surface area contributed by atoms with E-state index >= 15 is 0 Å². The Balaban J connectivity index is 1.65. The Morgan fingerprint density at radius 3 is 2.48 bits per heavy atom. The van der Waals surface area contributed by atoms with Gasteiger partial charge in [-0.3, -0.25) is 4.90 Å². The Morgan fingerprint density at radius 2 is 1.85 bits per heavy atom. The highest BCUT2D eigenvalue weighted by molar-refractivity contribution is 5.44. The van der Waals surface area contributed by atoms with Crippen LogP contribution in [-0.4, -0.2) is 45.6 Å². The Morgan fingerprint density at radius 1 is 1.15 bits per heavy atom. The van der Waals surface area contributed by atoms with Crippen molar-refractivity contribution in [3.8, 4) is 23.1 Å². The Bertz CT molecular complexity index is 1040. The molecule has 1 aliphatic rings. The lowest BCUT2D eigenvalue weighted by molar-refractivity contribution is 0.0975. The molecule has 0 spiro atoms. The molecule has 1 saturated carbocycles. The second-order valence-corrected chi connectivity index (χ2v) is 8.57. The molecule has 0 amide bonds. The summed E-state index contributed by atoms with van der Waals surface area (Å²) in [5.41, 5.74) is 2.91. The molecule has 174 valence electrons. The van der Waals surface area contributed by atoms with Crippen molar-refractivity contribution < 1.29 is 14.6 Å². The molecule has 0 saturated heterocycles. The summed E-state index contributed by atoms with van der Waals surface area (Å²) in [6.45, 7) is 7.11. The molecule has 4 rings (SSSR count). The summed E-state index contributed by atoms with van der Waals surface area (Å²) in [4.78, 5) is 2.37. The van der Waals surface area contributed by atoms with Gasteiger partial charge in [-0.15, -0.1) is 6.58 Å². The largest absolute Gasteiger partial charge is 0.497 e. The zero-order chi connectivity index (χ0) is 23.2. The van der Waals surface area contributed by atoms with E-state index in [1.807, 2.05) is 72.3 Å². The zero-order valence-corrected chi connectivity index (χ0v) is 19.5. The molecule has 3 aromatic rings. The van der Waals surface area contributed by atoms with Crippen LogP contribution in [0.3, 0.4) is 0 Å². The first kappa shape index (κ1) is 23.1. The van der Waals surface area contributed by atoms with Crippen LogP contribution in [0.25, 0.3) is 5.69 Å². The lowest BCUT2D eigenvalue weighted by Crippen LogP contribution is -2.34. The number of hydrogen-bond acceptors (Lipinski definition) is 5. The molecule has 1 fully saturated rings. The summed E-state index contributed by atoms with van der Waals surface area (Å²) in [5.74, 6) is 2.21. The first-order valence-electron chi connectivity index (χ1n) is 11.6. The Kier molecular flexibility index (Phi) is 7.47. The van der Waals surface area contributed by atoms with E-state index in [0.717, 1.165) is 54.1 Å². The fraction of sp³-hybridized carbons (Fsp3) is 0.370. The predicted octanol–water partition coefficient (Wildman–Crippen LogP) is 5.27. The minimum Gasteiger partial charge on any atom is -0.497 e. The molecule has 6 heteroatoms. The number of ether oxygens (including phenoxy) is 2. The number of aryl methyl sites for hydroxylation is 1. The summed E-state index contributed by atoms with van der Waals surface area (Å²) in [6, 6.07) is 18.1. The molecule has 1 aromatic heterocycles. The molecule has 1 atom stereocenters. The summed E-state index contributed by atoms with van der Waals surface area (Å²) < 4.78 is 13.6. The van der Waals surface area contributed by atoms with E-state index < -0.39 is 0 Å². The molecule has 1 N–H and O–H groups in total. The minimum absolute atomic E-state index is 0.376. The summed E-state index contributed by atoms with van der Waals surface area (Å²) in [7, 11) is 1.65. The summed E-state index contributed by atoms with van der Waals surface area (Å²) in [5, 5.41) is 15.4. The first-order chi connectivity index (χ1) is 16.1. The lowest BCUT2D eigenvalue weighted by Gasteiger charge is -2.25. The van der Waals surface area contributed by atoms with E-state index in [4.69, 9.17) is 14.6 Å². The topological polar surface area (TPSA) is 59.8 Å². The van der Waals surface area contributed by atoms with Gasteiger partial charge in [-0.25, -0.2) is 4.68 Å². The van der Waals surface area contributed by atoms with Crippen LogP contribution in [0.2, 0.25) is 0 Å². The van der Waals surface area contributed by atoms with Gasteiger partial charge >= 0.3 is 0 Å². The molecule has 6 nitrogen and oxygen atoms in total. The molecular weight excluding hydrogens is 414 g/mol. The van der Waals surface area contributed by atoms with Gasteiger partial charge in [0.1, 0.15) is 11.5 Å². The van der Waals surface area contributed by atoms with Crippen molar-refractivity contribution in [2.45, 2.75) is 51.3 Å². The van der Waals surface area contributed by atoms with Crippen molar-refractivity contribution in [1.82, 2.24) is 14.7 Å². The third-order valence-electron chi connectivity index (χ3n) is 5.99. The van der Waals surface area contributed by atoms with Gasteiger partial charge < -0.3 is 14.6 Å². The van der Waals surface area contributed by atoms with Crippen LogP contribution < -0.4 is 9.47 Å². The van der Waals surface area contributed by atoms with Crippen LogP contribution in [-0.2, 0) is 6.54 Å². The number of aliphatic hydroxyl groups is 1. The van der Waals surface area contributed by atoms with Gasteiger partial charge in [0, 0.05) is 19.1 Å². The maximum absolute atomic E-state index is 10.6. The van der Waals surface area contributed by atoms with Gasteiger partial charge in [-0.2, -0.15) is 5.10 Å². The van der Waals surface area contributed by atoms with Crippen LogP contribution in [0.4, 0.5) is 0 Å². The lowest BCUT2D eigenvalue weighted by atomic mass is 10.1. The van der Waals surface area contributed by atoms with Crippen molar-refractivity contribution in [3.05, 3.63) is 78.5 Å². The van der Waals surface area contributed by atoms with Crippen molar-refractivity contribution in [2.75, 3.05) is 13.7 Å². The SMILES string of the molecule is C=CCC[C@H](O)CN(Cc1c(C)nn(-c2ccccc2)c1Oc1ccc(OC)cc1)C1CC1. The van der Waals surface area contributed by atoms with Crippen molar-refractivity contribution in [3.63, 3.8) is 0 Å². The van der Waals surface area contributed by atoms with Gasteiger partial charge in [-0.1, -0.05) is 24.3 Å². The van der Waals surface area contributed by atoms with Crippen molar-refractivity contribution in [1.29, 1.82) is 0 Å². The van der Waals surface area contributed by atoms with Gasteiger partial charge in [-0.05, 0) is 69.0 Å². The number of nitrogens with zero attached hydrogens (tertiary/aromatic N) is 3. The highest BCUT2D eigenvalue weighted by Crippen LogP contribution is 2.35. The molecular formula is C27H33N3O3. The maximum atomic E-state index is 10.6. The van der Waals surface area contributed by atoms with Gasteiger partial charge in [0.05, 0.1) is 30.2 Å². The molecule has 2 aromatic carbocycles. The molecule has 1 heterocycles. The van der Waals surface area contributed by atoms with Gasteiger partial charge in [0.2, 0.25) is 5.88 Å². The van der Waals surface area contributed by atoms with E-state index in [2.05, 4.69) is 11.5 Å². The first-order valence-corrected chi connectivity index (χ1v) is 11.6. The quantitative estimate of drug-likeness (QED) is 0.383. The number of aliphatic hydroxyl groups excluding tert-OH is 1. The number of benzene rings is 2. The molecule has 0 unspecified atom stereocenters. The van der Waals surface area contributed by atoms with Crippen LogP contribution in [0.1, 0.15) is 36.9 Å². The van der Waals surface area contributed by atoms with Crippen molar-refractivity contribution in [2.24, 2.45) is 0 Å². The second-order valence-electron chi connectivity index (χ2n) is 8.57. The number of aromatic nitrogens is 2. The monoisotopic (exact) mass is 447 g/mol. The van der Waals surface area contributed by atoms with E-state index in [0.29, 0.717) is 25.0 Å². The average Bonchev–Trinajstić information content (AvgIpc) is 3.65. The maximum Gasteiger partial charge on any atom is 0.227 e. The third kappa shape index (κ3) is 5.83. The van der Waals surface area contributed by atoms with E-state index in [1.54, 1.807) is 7.11 Å². The third-order valence-corrected chi connectivity index (χ3v) is 5.99. The number of hydrogen-bond donors (Lipinski definition) is 1. The summed E-state index contributed by atoms with van der Waals surface area (Å²) >= 11 is 0. The molecule has 0 radical (unpaired) electrons. The van der Waals surface area contributed by atoms with Crippen LogP contribution >= 0.6 is 0 Å². The van der Waals surface area contributed by atoms with Crippen LogP contribution in [0.5, 0.6) is 17.4 Å². The second kappa shape index (κ2) is 10.7. The van der Waals surface area contributed by atoms with E-state index in [1.165, 1.54) is 0 Å². The highest BCUT2D eigenvalue weighted by atomic mass is 16.5. The molecule has 0 aliphatic heterocycles. The Labute approximate surface area is 196 Å². The molecule has 0 bridgehead atoms.